The standard InChI is InChI=1S/C18H16Cl2N2O2S/c19-12-6-7-16(15(20)8-12)22-17(23)10-25-14-3-1-2-13(9-14)21-18(24)11-4-5-11/h1-3,6-9,11H,4-5,10H2,(H,21,24)(H,22,23). The molecule has 0 radical (unpaired) electrons. The zero-order valence-electron chi connectivity index (χ0n) is 13.2. The normalized spacial score (nSPS) is 13.4. The fourth-order valence-corrected chi connectivity index (χ4v) is 3.39. The van der Waals surface area contributed by atoms with Crippen LogP contribution in [0, 0.1) is 5.92 Å². The maximum atomic E-state index is 12.1. The molecular formula is C18H16Cl2N2O2S. The summed E-state index contributed by atoms with van der Waals surface area (Å²) in [5.74, 6) is 0.295. The molecule has 0 spiro atoms. The lowest BCUT2D eigenvalue weighted by Crippen LogP contribution is -2.14. The van der Waals surface area contributed by atoms with E-state index < -0.39 is 0 Å². The van der Waals surface area contributed by atoms with Crippen molar-refractivity contribution in [3.05, 3.63) is 52.5 Å². The number of carbonyl (C=O) groups excluding carboxylic acids is 2. The molecule has 1 aliphatic carbocycles. The molecule has 2 aromatic rings. The Morgan fingerprint density at radius 2 is 1.88 bits per heavy atom. The number of benzene rings is 2. The lowest BCUT2D eigenvalue weighted by molar-refractivity contribution is -0.117. The summed E-state index contributed by atoms with van der Waals surface area (Å²) in [5, 5.41) is 6.57. The first-order chi connectivity index (χ1) is 12.0. The molecular weight excluding hydrogens is 379 g/mol. The Hall–Kier alpha value is -1.69. The molecule has 2 amide bonds. The number of hydrogen-bond donors (Lipinski definition) is 2. The Bertz CT molecular complexity index is 809. The average molecular weight is 395 g/mol. The number of thioether (sulfide) groups is 1. The predicted octanol–water partition coefficient (Wildman–Crippen LogP) is 5.07. The van der Waals surface area contributed by atoms with Crippen molar-refractivity contribution in [2.75, 3.05) is 16.4 Å². The monoisotopic (exact) mass is 394 g/mol. The van der Waals surface area contributed by atoms with Crippen molar-refractivity contribution in [1.82, 2.24) is 0 Å². The van der Waals surface area contributed by atoms with E-state index in [1.807, 2.05) is 24.3 Å². The van der Waals surface area contributed by atoms with Crippen molar-refractivity contribution in [3.63, 3.8) is 0 Å². The Labute approximate surface area is 160 Å². The molecule has 0 aromatic heterocycles. The minimum atomic E-state index is -0.165. The van der Waals surface area contributed by atoms with E-state index in [0.717, 1.165) is 23.4 Å². The quantitative estimate of drug-likeness (QED) is 0.672. The van der Waals surface area contributed by atoms with Crippen LogP contribution in [0.3, 0.4) is 0 Å². The van der Waals surface area contributed by atoms with Gasteiger partial charge in [0.25, 0.3) is 0 Å². The minimum Gasteiger partial charge on any atom is -0.326 e. The van der Waals surface area contributed by atoms with Gasteiger partial charge in [0.1, 0.15) is 0 Å². The van der Waals surface area contributed by atoms with Crippen LogP contribution in [-0.4, -0.2) is 17.6 Å². The Morgan fingerprint density at radius 1 is 1.08 bits per heavy atom. The van der Waals surface area contributed by atoms with Gasteiger partial charge in [-0.15, -0.1) is 11.8 Å². The van der Waals surface area contributed by atoms with Gasteiger partial charge in [-0.1, -0.05) is 29.3 Å². The van der Waals surface area contributed by atoms with Gasteiger partial charge < -0.3 is 10.6 Å². The lowest BCUT2D eigenvalue weighted by Gasteiger charge is -2.09. The molecule has 1 fully saturated rings. The van der Waals surface area contributed by atoms with Crippen molar-refractivity contribution >= 4 is 58.2 Å². The maximum Gasteiger partial charge on any atom is 0.234 e. The number of amides is 2. The SMILES string of the molecule is O=C(CSc1cccc(NC(=O)C2CC2)c1)Nc1ccc(Cl)cc1Cl. The molecule has 2 aromatic carbocycles. The van der Waals surface area contributed by atoms with Gasteiger partial charge in [-0.3, -0.25) is 9.59 Å². The average Bonchev–Trinajstić information content (AvgIpc) is 3.41. The number of carbonyl (C=O) groups is 2. The molecule has 7 heteroatoms. The van der Waals surface area contributed by atoms with Gasteiger partial charge in [-0.05, 0) is 49.2 Å². The summed E-state index contributed by atoms with van der Waals surface area (Å²) < 4.78 is 0. The van der Waals surface area contributed by atoms with Crippen LogP contribution in [0.4, 0.5) is 11.4 Å². The fraction of sp³-hybridized carbons (Fsp3) is 0.222. The Kier molecular flexibility index (Phi) is 5.89. The largest absolute Gasteiger partial charge is 0.326 e. The van der Waals surface area contributed by atoms with Crippen molar-refractivity contribution in [3.8, 4) is 0 Å². The van der Waals surface area contributed by atoms with E-state index in [0.29, 0.717) is 15.7 Å². The van der Waals surface area contributed by atoms with E-state index in [1.54, 1.807) is 18.2 Å². The second-order valence-corrected chi connectivity index (χ2v) is 7.64. The van der Waals surface area contributed by atoms with E-state index in [1.165, 1.54) is 11.8 Å². The molecule has 4 nitrogen and oxygen atoms in total. The molecule has 1 aliphatic rings. The van der Waals surface area contributed by atoms with Crippen LogP contribution in [0.25, 0.3) is 0 Å². The van der Waals surface area contributed by atoms with E-state index in [4.69, 9.17) is 23.2 Å². The first-order valence-electron chi connectivity index (χ1n) is 7.80. The van der Waals surface area contributed by atoms with Crippen LogP contribution in [0.5, 0.6) is 0 Å². The molecule has 0 heterocycles. The van der Waals surface area contributed by atoms with Crippen LogP contribution in [0.1, 0.15) is 12.8 Å². The Balaban J connectivity index is 1.53. The molecule has 3 rings (SSSR count). The van der Waals surface area contributed by atoms with Gasteiger partial charge >= 0.3 is 0 Å². The second-order valence-electron chi connectivity index (χ2n) is 5.75. The molecule has 0 unspecified atom stereocenters. The fourth-order valence-electron chi connectivity index (χ4n) is 2.18. The van der Waals surface area contributed by atoms with Crippen LogP contribution in [0.2, 0.25) is 10.0 Å². The van der Waals surface area contributed by atoms with Gasteiger partial charge in [0, 0.05) is 21.5 Å². The third-order valence-electron chi connectivity index (χ3n) is 3.62. The zero-order chi connectivity index (χ0) is 17.8. The number of rotatable bonds is 6. The summed E-state index contributed by atoms with van der Waals surface area (Å²) in [7, 11) is 0. The number of halogens is 2. The minimum absolute atomic E-state index is 0.0669. The summed E-state index contributed by atoms with van der Waals surface area (Å²) in [6, 6.07) is 12.4. The van der Waals surface area contributed by atoms with Crippen LogP contribution < -0.4 is 10.6 Å². The van der Waals surface area contributed by atoms with Crippen molar-refractivity contribution in [2.24, 2.45) is 5.92 Å². The molecule has 0 atom stereocenters. The third kappa shape index (κ3) is 5.39. The van der Waals surface area contributed by atoms with Gasteiger partial charge in [-0.2, -0.15) is 0 Å². The summed E-state index contributed by atoms with van der Waals surface area (Å²) in [4.78, 5) is 24.8. The summed E-state index contributed by atoms with van der Waals surface area (Å²) in [6.45, 7) is 0. The number of anilines is 2. The highest BCUT2D eigenvalue weighted by Gasteiger charge is 2.29. The van der Waals surface area contributed by atoms with Gasteiger partial charge in [0.2, 0.25) is 11.8 Å². The smallest absolute Gasteiger partial charge is 0.234 e. The van der Waals surface area contributed by atoms with Gasteiger partial charge in [0.15, 0.2) is 0 Å². The molecule has 0 aliphatic heterocycles. The summed E-state index contributed by atoms with van der Waals surface area (Å²) >= 11 is 13.3. The van der Waals surface area contributed by atoms with Crippen LogP contribution >= 0.6 is 35.0 Å². The van der Waals surface area contributed by atoms with Crippen LogP contribution in [-0.2, 0) is 9.59 Å². The number of nitrogens with one attached hydrogen (secondary N) is 2. The highest BCUT2D eigenvalue weighted by Crippen LogP contribution is 2.31. The molecule has 2 N–H and O–H groups in total. The van der Waals surface area contributed by atoms with Crippen molar-refractivity contribution < 1.29 is 9.59 Å². The topological polar surface area (TPSA) is 58.2 Å². The van der Waals surface area contributed by atoms with E-state index in [9.17, 15) is 9.59 Å². The van der Waals surface area contributed by atoms with Crippen molar-refractivity contribution in [1.29, 1.82) is 0 Å². The van der Waals surface area contributed by atoms with E-state index in [2.05, 4.69) is 10.6 Å². The Morgan fingerprint density at radius 3 is 2.60 bits per heavy atom. The first-order valence-corrected chi connectivity index (χ1v) is 9.54. The molecule has 25 heavy (non-hydrogen) atoms. The van der Waals surface area contributed by atoms with Gasteiger partial charge in [0.05, 0.1) is 16.5 Å². The van der Waals surface area contributed by atoms with Gasteiger partial charge in [-0.25, -0.2) is 0 Å². The van der Waals surface area contributed by atoms with Crippen LogP contribution in [0.15, 0.2) is 47.4 Å². The van der Waals surface area contributed by atoms with E-state index >= 15 is 0 Å². The zero-order valence-corrected chi connectivity index (χ0v) is 15.5. The second kappa shape index (κ2) is 8.13. The molecule has 1 saturated carbocycles. The maximum absolute atomic E-state index is 12.1. The molecule has 0 bridgehead atoms. The molecule has 0 saturated heterocycles. The third-order valence-corrected chi connectivity index (χ3v) is 5.17. The lowest BCUT2D eigenvalue weighted by atomic mass is 10.3. The molecule has 130 valence electrons. The van der Waals surface area contributed by atoms with Crippen molar-refractivity contribution in [2.45, 2.75) is 17.7 Å². The highest BCUT2D eigenvalue weighted by molar-refractivity contribution is 8.00. The first kappa shape index (κ1) is 18.1. The predicted molar refractivity (Wildman–Crippen MR) is 104 cm³/mol. The number of hydrogen-bond acceptors (Lipinski definition) is 3. The summed E-state index contributed by atoms with van der Waals surface area (Å²) in [5.41, 5.74) is 1.28. The summed E-state index contributed by atoms with van der Waals surface area (Å²) in [6.07, 6.45) is 1.93. The van der Waals surface area contributed by atoms with E-state index in [-0.39, 0.29) is 23.5 Å². The highest BCUT2D eigenvalue weighted by atomic mass is 35.5.